The van der Waals surface area contributed by atoms with Crippen molar-refractivity contribution in [2.45, 2.75) is 70.9 Å². The second-order valence-electron chi connectivity index (χ2n) is 5.19. The number of hydrogen-bond donors (Lipinski definition) is 1. The van der Waals surface area contributed by atoms with Crippen LogP contribution >= 0.6 is 0 Å². The van der Waals surface area contributed by atoms with Crippen LogP contribution in [0.1, 0.15) is 58.8 Å². The molecule has 0 spiro atoms. The highest BCUT2D eigenvalue weighted by Crippen LogP contribution is 2.29. The predicted molar refractivity (Wildman–Crippen MR) is 69.7 cm³/mol. The van der Waals surface area contributed by atoms with Gasteiger partial charge in [-0.1, -0.05) is 26.2 Å². The van der Waals surface area contributed by atoms with Gasteiger partial charge in [-0.25, -0.2) is 0 Å². The monoisotopic (exact) mass is 227 g/mol. The van der Waals surface area contributed by atoms with Gasteiger partial charge in [0.1, 0.15) is 0 Å². The summed E-state index contributed by atoms with van der Waals surface area (Å²) in [6.07, 6.45) is 9.72. The maximum Gasteiger partial charge on any atom is 0.0603 e. The molecule has 3 unspecified atom stereocenters. The van der Waals surface area contributed by atoms with Gasteiger partial charge in [0.25, 0.3) is 0 Å². The molecule has 0 saturated heterocycles. The highest BCUT2D eigenvalue weighted by Gasteiger charge is 2.23. The van der Waals surface area contributed by atoms with E-state index in [2.05, 4.69) is 19.2 Å². The van der Waals surface area contributed by atoms with Crippen molar-refractivity contribution in [3.63, 3.8) is 0 Å². The van der Waals surface area contributed by atoms with E-state index in [0.29, 0.717) is 12.1 Å². The van der Waals surface area contributed by atoms with Crippen molar-refractivity contribution in [3.05, 3.63) is 0 Å². The van der Waals surface area contributed by atoms with E-state index in [4.69, 9.17) is 4.74 Å². The van der Waals surface area contributed by atoms with Crippen LogP contribution in [0.4, 0.5) is 0 Å². The lowest BCUT2D eigenvalue weighted by atomic mass is 9.85. The molecule has 96 valence electrons. The van der Waals surface area contributed by atoms with Gasteiger partial charge in [0.15, 0.2) is 0 Å². The number of hydrogen-bond acceptors (Lipinski definition) is 2. The molecule has 0 radical (unpaired) electrons. The summed E-state index contributed by atoms with van der Waals surface area (Å²) in [5, 5.41) is 3.27. The standard InChI is InChI=1S/C14H29NO/c1-4-13-9-5-6-10-14(13)16-11-7-8-12(2)15-3/h12-15H,4-11H2,1-3H3. The quantitative estimate of drug-likeness (QED) is 0.673. The molecule has 0 amide bonds. The molecule has 0 aromatic carbocycles. The van der Waals surface area contributed by atoms with Crippen LogP contribution in [0, 0.1) is 5.92 Å². The molecule has 2 nitrogen and oxygen atoms in total. The first kappa shape index (κ1) is 14.0. The molecule has 2 heteroatoms. The van der Waals surface area contributed by atoms with E-state index >= 15 is 0 Å². The third kappa shape index (κ3) is 4.84. The Labute approximate surface area is 101 Å². The van der Waals surface area contributed by atoms with Gasteiger partial charge >= 0.3 is 0 Å². The summed E-state index contributed by atoms with van der Waals surface area (Å²) in [7, 11) is 2.03. The Balaban J connectivity index is 2.10. The number of nitrogens with one attached hydrogen (secondary N) is 1. The summed E-state index contributed by atoms with van der Waals surface area (Å²) < 4.78 is 6.05. The zero-order chi connectivity index (χ0) is 11.8. The van der Waals surface area contributed by atoms with Gasteiger partial charge in [-0.15, -0.1) is 0 Å². The molecule has 0 aliphatic heterocycles. The Kier molecular flexibility index (Phi) is 7.06. The minimum Gasteiger partial charge on any atom is -0.378 e. The highest BCUT2D eigenvalue weighted by atomic mass is 16.5. The molecule has 1 aliphatic rings. The Morgan fingerprint density at radius 2 is 2.06 bits per heavy atom. The first-order valence-electron chi connectivity index (χ1n) is 7.06. The molecule has 1 saturated carbocycles. The Morgan fingerprint density at radius 3 is 2.75 bits per heavy atom. The third-order valence-electron chi connectivity index (χ3n) is 3.97. The minimum atomic E-state index is 0.559. The Morgan fingerprint density at radius 1 is 1.31 bits per heavy atom. The molecule has 1 rings (SSSR count). The average molecular weight is 227 g/mol. The zero-order valence-corrected chi connectivity index (χ0v) is 11.3. The molecule has 1 aliphatic carbocycles. The van der Waals surface area contributed by atoms with Crippen LogP contribution in [0.2, 0.25) is 0 Å². The van der Waals surface area contributed by atoms with Gasteiger partial charge < -0.3 is 10.1 Å². The summed E-state index contributed by atoms with van der Waals surface area (Å²) in [6, 6.07) is 0.622. The second kappa shape index (κ2) is 8.08. The van der Waals surface area contributed by atoms with E-state index in [-0.39, 0.29) is 0 Å². The molecular formula is C14H29NO. The topological polar surface area (TPSA) is 21.3 Å². The van der Waals surface area contributed by atoms with Gasteiger partial charge in [0.2, 0.25) is 0 Å². The fourth-order valence-corrected chi connectivity index (χ4v) is 2.63. The van der Waals surface area contributed by atoms with Crippen molar-refractivity contribution in [3.8, 4) is 0 Å². The van der Waals surface area contributed by atoms with Crippen molar-refractivity contribution in [2.75, 3.05) is 13.7 Å². The van der Waals surface area contributed by atoms with Crippen LogP contribution in [-0.2, 0) is 4.74 Å². The van der Waals surface area contributed by atoms with Crippen LogP contribution < -0.4 is 5.32 Å². The van der Waals surface area contributed by atoms with Crippen molar-refractivity contribution < 1.29 is 4.74 Å². The summed E-state index contributed by atoms with van der Waals surface area (Å²) in [5.41, 5.74) is 0. The van der Waals surface area contributed by atoms with Crippen LogP contribution in [0.25, 0.3) is 0 Å². The zero-order valence-electron chi connectivity index (χ0n) is 11.3. The van der Waals surface area contributed by atoms with Crippen molar-refractivity contribution in [1.29, 1.82) is 0 Å². The number of ether oxygens (including phenoxy) is 1. The molecule has 0 heterocycles. The fourth-order valence-electron chi connectivity index (χ4n) is 2.63. The van der Waals surface area contributed by atoms with Gasteiger partial charge in [0, 0.05) is 12.6 Å². The van der Waals surface area contributed by atoms with E-state index in [9.17, 15) is 0 Å². The maximum absolute atomic E-state index is 6.05. The fraction of sp³-hybridized carbons (Fsp3) is 1.00. The van der Waals surface area contributed by atoms with Crippen LogP contribution in [0.3, 0.4) is 0 Å². The Hall–Kier alpha value is -0.0800. The molecular weight excluding hydrogens is 198 g/mol. The second-order valence-corrected chi connectivity index (χ2v) is 5.19. The van der Waals surface area contributed by atoms with E-state index in [0.717, 1.165) is 12.5 Å². The summed E-state index contributed by atoms with van der Waals surface area (Å²) in [6.45, 7) is 5.48. The van der Waals surface area contributed by atoms with Gasteiger partial charge in [-0.2, -0.15) is 0 Å². The first-order valence-corrected chi connectivity index (χ1v) is 7.06. The van der Waals surface area contributed by atoms with Gasteiger partial charge in [-0.05, 0) is 45.6 Å². The van der Waals surface area contributed by atoms with E-state index in [1.54, 1.807) is 0 Å². The highest BCUT2D eigenvalue weighted by molar-refractivity contribution is 4.74. The summed E-state index contributed by atoms with van der Waals surface area (Å²) in [5.74, 6) is 0.829. The van der Waals surface area contributed by atoms with Crippen molar-refractivity contribution >= 4 is 0 Å². The molecule has 0 bridgehead atoms. The third-order valence-corrected chi connectivity index (χ3v) is 3.97. The summed E-state index contributed by atoms with van der Waals surface area (Å²) in [4.78, 5) is 0. The van der Waals surface area contributed by atoms with Gasteiger partial charge in [0.05, 0.1) is 6.10 Å². The number of rotatable bonds is 7. The van der Waals surface area contributed by atoms with E-state index in [1.807, 2.05) is 7.05 Å². The van der Waals surface area contributed by atoms with Crippen LogP contribution in [0.5, 0.6) is 0 Å². The predicted octanol–water partition coefficient (Wildman–Crippen LogP) is 3.36. The smallest absolute Gasteiger partial charge is 0.0603 e. The molecule has 3 atom stereocenters. The lowest BCUT2D eigenvalue weighted by Crippen LogP contribution is -2.28. The normalized spacial score (nSPS) is 27.9. The minimum absolute atomic E-state index is 0.559. The van der Waals surface area contributed by atoms with Crippen molar-refractivity contribution in [2.24, 2.45) is 5.92 Å². The largest absolute Gasteiger partial charge is 0.378 e. The van der Waals surface area contributed by atoms with Gasteiger partial charge in [-0.3, -0.25) is 0 Å². The van der Waals surface area contributed by atoms with E-state index < -0.39 is 0 Å². The lowest BCUT2D eigenvalue weighted by Gasteiger charge is -2.30. The molecule has 16 heavy (non-hydrogen) atoms. The first-order chi connectivity index (χ1) is 7.77. The average Bonchev–Trinajstić information content (AvgIpc) is 2.34. The van der Waals surface area contributed by atoms with E-state index in [1.165, 1.54) is 44.9 Å². The molecule has 0 aromatic heterocycles. The molecule has 1 N–H and O–H groups in total. The molecule has 0 aromatic rings. The van der Waals surface area contributed by atoms with Crippen molar-refractivity contribution in [1.82, 2.24) is 5.32 Å². The molecule has 1 fully saturated rings. The lowest BCUT2D eigenvalue weighted by molar-refractivity contribution is -0.0138. The Bertz CT molecular complexity index is 172. The van der Waals surface area contributed by atoms with Crippen LogP contribution in [-0.4, -0.2) is 25.8 Å². The SMILES string of the molecule is CCC1CCCCC1OCCCC(C)NC. The maximum atomic E-state index is 6.05. The van der Waals surface area contributed by atoms with Crippen LogP contribution in [0.15, 0.2) is 0 Å². The summed E-state index contributed by atoms with van der Waals surface area (Å²) >= 11 is 0.